The number of amides is 5. The molecule has 2 aliphatic heterocycles. The van der Waals surface area contributed by atoms with Gasteiger partial charge in [-0.15, -0.1) is 0 Å². The molecular formula is C25H24BF3N4O9. The molecule has 0 spiro atoms. The number of carboxylic acid groups (broad SMARTS) is 1. The van der Waals surface area contributed by atoms with Crippen LogP contribution in [0.4, 0.5) is 18.0 Å². The first-order valence-corrected chi connectivity index (χ1v) is 12.5. The van der Waals surface area contributed by atoms with E-state index >= 15 is 0 Å². The third kappa shape index (κ3) is 5.67. The number of carboxylic acids is 1. The van der Waals surface area contributed by atoms with E-state index in [1.54, 1.807) is 0 Å². The van der Waals surface area contributed by atoms with Crippen LogP contribution in [-0.4, -0.2) is 93.6 Å². The number of hydrogen-bond donors (Lipinski definition) is 5. The Morgan fingerprint density at radius 1 is 1.14 bits per heavy atom. The number of carbonyl (C=O) groups is 5. The summed E-state index contributed by atoms with van der Waals surface area (Å²) in [5.74, 6) is -11.0. The molecule has 2 aliphatic rings. The summed E-state index contributed by atoms with van der Waals surface area (Å²) >= 11 is 0. The fourth-order valence-corrected chi connectivity index (χ4v) is 4.75. The number of phenolic OH excluding ortho intramolecular Hbond substituents is 1. The Bertz CT molecular complexity index is 1460. The minimum absolute atomic E-state index is 0.136. The number of piperazine rings is 1. The summed E-state index contributed by atoms with van der Waals surface area (Å²) in [6, 6.07) is 1.23. The van der Waals surface area contributed by atoms with Crippen molar-refractivity contribution in [3.8, 4) is 11.5 Å². The Labute approximate surface area is 236 Å². The SMILES string of the molecule is CC1CN(CCF)C(=O)C(=O)N1C(=O)NC(C(=O)N[C@H]1Cc2cccc(C(=O)O)c2OB1O)c1ccc(O)c(F)c1F. The molecular weight excluding hydrogens is 568 g/mol. The summed E-state index contributed by atoms with van der Waals surface area (Å²) in [5, 5.41) is 33.8. The maximum absolute atomic E-state index is 14.9. The summed E-state index contributed by atoms with van der Waals surface area (Å²) in [6.07, 6.45) is -0.170. The fourth-order valence-electron chi connectivity index (χ4n) is 4.75. The van der Waals surface area contributed by atoms with E-state index in [9.17, 15) is 52.4 Å². The van der Waals surface area contributed by atoms with Gasteiger partial charge in [0.25, 0.3) is 0 Å². The number of imide groups is 1. The largest absolute Gasteiger partial charge is 0.547 e. The number of rotatable bonds is 7. The number of phenols is 1. The van der Waals surface area contributed by atoms with Gasteiger partial charge in [0.05, 0.1) is 17.5 Å². The maximum atomic E-state index is 14.9. The first-order valence-electron chi connectivity index (χ1n) is 12.5. The van der Waals surface area contributed by atoms with Gasteiger partial charge in [-0.1, -0.05) is 12.1 Å². The number of para-hydroxylation sites is 1. The third-order valence-electron chi connectivity index (χ3n) is 6.80. The molecule has 2 unspecified atom stereocenters. The predicted molar refractivity (Wildman–Crippen MR) is 136 cm³/mol. The molecule has 0 aliphatic carbocycles. The van der Waals surface area contributed by atoms with Crippen molar-refractivity contribution < 1.29 is 57.0 Å². The van der Waals surface area contributed by atoms with Crippen LogP contribution < -0.4 is 15.3 Å². The molecule has 0 saturated carbocycles. The van der Waals surface area contributed by atoms with Crippen molar-refractivity contribution in [2.75, 3.05) is 19.8 Å². The molecule has 5 N–H and O–H groups in total. The van der Waals surface area contributed by atoms with Crippen molar-refractivity contribution in [2.45, 2.75) is 31.4 Å². The van der Waals surface area contributed by atoms with Gasteiger partial charge in [0.1, 0.15) is 18.5 Å². The van der Waals surface area contributed by atoms with Crippen LogP contribution in [0.2, 0.25) is 0 Å². The Balaban J connectivity index is 1.62. The first kappa shape index (κ1) is 30.2. The van der Waals surface area contributed by atoms with Crippen LogP contribution in [0.5, 0.6) is 11.5 Å². The number of alkyl halides is 1. The summed E-state index contributed by atoms with van der Waals surface area (Å²) in [5.41, 5.74) is -0.737. The molecule has 2 heterocycles. The monoisotopic (exact) mass is 592 g/mol. The zero-order chi connectivity index (χ0) is 30.9. The van der Waals surface area contributed by atoms with E-state index in [2.05, 4.69) is 10.6 Å². The van der Waals surface area contributed by atoms with Crippen molar-refractivity contribution in [1.29, 1.82) is 0 Å². The molecule has 0 radical (unpaired) electrons. The van der Waals surface area contributed by atoms with Crippen LogP contribution in [-0.2, 0) is 20.8 Å². The van der Waals surface area contributed by atoms with E-state index < -0.39 is 91.0 Å². The highest BCUT2D eigenvalue weighted by Crippen LogP contribution is 2.31. The van der Waals surface area contributed by atoms with Crippen LogP contribution in [0.25, 0.3) is 0 Å². The average Bonchev–Trinajstić information content (AvgIpc) is 2.93. The van der Waals surface area contributed by atoms with Gasteiger partial charge in [-0.2, -0.15) is 4.39 Å². The molecule has 42 heavy (non-hydrogen) atoms. The zero-order valence-electron chi connectivity index (χ0n) is 21.8. The first-order chi connectivity index (χ1) is 19.8. The topological polar surface area (TPSA) is 186 Å². The molecule has 1 fully saturated rings. The Morgan fingerprint density at radius 3 is 2.52 bits per heavy atom. The Kier molecular flexibility index (Phi) is 8.60. The number of aromatic hydroxyl groups is 1. The molecule has 3 atom stereocenters. The number of carbonyl (C=O) groups excluding carboxylic acids is 4. The number of urea groups is 1. The number of hydrogen-bond acceptors (Lipinski definition) is 8. The predicted octanol–water partition coefficient (Wildman–Crippen LogP) is 0.288. The molecule has 1 saturated heterocycles. The van der Waals surface area contributed by atoms with Crippen molar-refractivity contribution >= 4 is 36.8 Å². The summed E-state index contributed by atoms with van der Waals surface area (Å²) in [7, 11) is -1.80. The molecule has 4 rings (SSSR count). The van der Waals surface area contributed by atoms with Crippen molar-refractivity contribution in [3.05, 3.63) is 58.7 Å². The molecule has 2 aromatic rings. The van der Waals surface area contributed by atoms with Crippen LogP contribution in [0.1, 0.15) is 34.5 Å². The second-order valence-corrected chi connectivity index (χ2v) is 9.58. The van der Waals surface area contributed by atoms with Crippen molar-refractivity contribution in [3.63, 3.8) is 0 Å². The third-order valence-corrected chi connectivity index (χ3v) is 6.80. The number of nitrogens with one attached hydrogen (secondary N) is 2. The van der Waals surface area contributed by atoms with Gasteiger partial charge in [-0.05, 0) is 37.1 Å². The molecule has 17 heteroatoms. The van der Waals surface area contributed by atoms with Gasteiger partial charge in [0.15, 0.2) is 11.6 Å². The fraction of sp³-hybridized carbons (Fsp3) is 0.320. The minimum atomic E-state index is -2.08. The van der Waals surface area contributed by atoms with Crippen LogP contribution in [0, 0.1) is 11.6 Å². The van der Waals surface area contributed by atoms with Crippen molar-refractivity contribution in [1.82, 2.24) is 20.4 Å². The average molecular weight is 592 g/mol. The van der Waals surface area contributed by atoms with E-state index in [1.165, 1.54) is 25.1 Å². The number of benzene rings is 2. The lowest BCUT2D eigenvalue weighted by molar-refractivity contribution is -0.156. The number of nitrogens with zero attached hydrogens (tertiary/aromatic N) is 2. The standard InChI is InChI=1S/C25H24BF3N4O9/c1-11-10-32(8-7-27)22(36)23(37)33(11)25(40)31-19(13-5-6-15(34)18(29)17(13)28)21(35)30-16-9-12-3-2-4-14(24(38)39)20(12)42-26(16)41/h2-6,11,16,19,34,41H,7-10H2,1H3,(H,30,35)(H,31,40)(H,38,39)/t11?,16-,19?/m0/s1. The van der Waals surface area contributed by atoms with Crippen LogP contribution in [0.3, 0.4) is 0 Å². The van der Waals surface area contributed by atoms with Gasteiger partial charge in [0, 0.05) is 18.7 Å². The van der Waals surface area contributed by atoms with Crippen LogP contribution >= 0.6 is 0 Å². The summed E-state index contributed by atoms with van der Waals surface area (Å²) in [6.45, 7) is -0.200. The quantitative estimate of drug-likeness (QED) is 0.223. The zero-order valence-corrected chi connectivity index (χ0v) is 21.8. The van der Waals surface area contributed by atoms with Gasteiger partial charge >= 0.3 is 30.9 Å². The van der Waals surface area contributed by atoms with Crippen molar-refractivity contribution in [2.24, 2.45) is 0 Å². The Hall–Kier alpha value is -4.80. The molecule has 2 aromatic carbocycles. The molecule has 5 amide bonds. The van der Waals surface area contributed by atoms with E-state index in [1.807, 2.05) is 0 Å². The molecule has 0 bridgehead atoms. The lowest BCUT2D eigenvalue weighted by Crippen LogP contribution is -2.63. The molecule has 13 nitrogen and oxygen atoms in total. The van der Waals surface area contributed by atoms with E-state index in [0.717, 1.165) is 17.0 Å². The van der Waals surface area contributed by atoms with Gasteiger partial charge in [-0.25, -0.2) is 18.4 Å². The normalized spacial score (nSPS) is 19.1. The van der Waals surface area contributed by atoms with Gasteiger partial charge in [0.2, 0.25) is 11.7 Å². The van der Waals surface area contributed by atoms with Gasteiger partial charge in [-0.3, -0.25) is 19.3 Å². The number of fused-ring (bicyclic) bond motifs is 1. The smallest absolute Gasteiger partial charge is 0.534 e. The summed E-state index contributed by atoms with van der Waals surface area (Å²) in [4.78, 5) is 64.5. The minimum Gasteiger partial charge on any atom is -0.534 e. The molecule has 222 valence electrons. The van der Waals surface area contributed by atoms with E-state index in [-0.39, 0.29) is 29.8 Å². The second kappa shape index (κ2) is 12.0. The lowest BCUT2D eigenvalue weighted by atomic mass is 9.72. The highest BCUT2D eigenvalue weighted by atomic mass is 19.2. The summed E-state index contributed by atoms with van der Waals surface area (Å²) < 4.78 is 47.3. The number of halogens is 3. The number of aromatic carboxylic acids is 1. The lowest BCUT2D eigenvalue weighted by Gasteiger charge is -2.37. The second-order valence-electron chi connectivity index (χ2n) is 9.58. The van der Waals surface area contributed by atoms with E-state index in [0.29, 0.717) is 4.90 Å². The highest BCUT2D eigenvalue weighted by Gasteiger charge is 2.43. The maximum Gasteiger partial charge on any atom is 0.547 e. The van der Waals surface area contributed by atoms with Crippen LogP contribution in [0.15, 0.2) is 30.3 Å². The molecule has 0 aromatic heterocycles. The van der Waals surface area contributed by atoms with E-state index in [4.69, 9.17) is 4.65 Å². The Morgan fingerprint density at radius 2 is 1.86 bits per heavy atom. The van der Waals surface area contributed by atoms with Gasteiger partial charge < -0.3 is 35.4 Å². The highest BCUT2D eigenvalue weighted by molar-refractivity contribution is 6.47.